The average Bonchev–Trinajstić information content (AvgIpc) is 2.74. The van der Waals surface area contributed by atoms with Gasteiger partial charge in [-0.05, 0) is 38.5 Å². The van der Waals surface area contributed by atoms with E-state index in [-0.39, 0.29) is 18.1 Å². The minimum Gasteiger partial charge on any atom is -0.444 e. The zero-order valence-electron chi connectivity index (χ0n) is 12.1. The molecule has 1 saturated heterocycles. The molecule has 2 atom stereocenters. The summed E-state index contributed by atoms with van der Waals surface area (Å²) in [6.07, 6.45) is -0.355. The first-order chi connectivity index (χ1) is 9.35. The molecule has 110 valence electrons. The van der Waals surface area contributed by atoms with Crippen LogP contribution in [0.15, 0.2) is 28.7 Å². The topological polar surface area (TPSA) is 50.4 Å². The number of rotatable bonds is 2. The maximum absolute atomic E-state index is 11.9. The molecule has 20 heavy (non-hydrogen) atoms. The Morgan fingerprint density at radius 3 is 2.80 bits per heavy atom. The predicted octanol–water partition coefficient (Wildman–Crippen LogP) is 3.03. The van der Waals surface area contributed by atoms with E-state index in [4.69, 9.17) is 4.74 Å². The number of benzene rings is 1. The molecule has 2 rings (SSSR count). The fraction of sp³-hybridized carbons (Fsp3) is 0.533. The van der Waals surface area contributed by atoms with Crippen LogP contribution in [0.2, 0.25) is 0 Å². The molecule has 1 aliphatic heterocycles. The predicted molar refractivity (Wildman–Crippen MR) is 82.9 cm³/mol. The van der Waals surface area contributed by atoms with Gasteiger partial charge in [0.05, 0.1) is 6.04 Å². The highest BCUT2D eigenvalue weighted by molar-refractivity contribution is 9.10. The first kappa shape index (κ1) is 15.3. The van der Waals surface area contributed by atoms with E-state index in [1.807, 2.05) is 32.9 Å². The summed E-state index contributed by atoms with van der Waals surface area (Å²) in [5.74, 6) is 0.264. The van der Waals surface area contributed by atoms with Gasteiger partial charge >= 0.3 is 6.09 Å². The Labute approximate surface area is 128 Å². The number of hydrogen-bond donors (Lipinski definition) is 2. The molecule has 0 bridgehead atoms. The molecule has 2 N–H and O–H groups in total. The van der Waals surface area contributed by atoms with Crippen molar-refractivity contribution in [3.05, 3.63) is 34.3 Å². The van der Waals surface area contributed by atoms with Crippen LogP contribution in [-0.2, 0) is 4.74 Å². The molecule has 1 amide bonds. The molecule has 0 spiro atoms. The summed E-state index contributed by atoms with van der Waals surface area (Å²) in [7, 11) is 0. The minimum absolute atomic E-state index is 0.0548. The van der Waals surface area contributed by atoms with Gasteiger partial charge in [0.2, 0.25) is 0 Å². The largest absolute Gasteiger partial charge is 0.444 e. The third-order valence-corrected chi connectivity index (χ3v) is 3.69. The number of halogens is 1. The number of nitrogens with one attached hydrogen (secondary N) is 2. The molecule has 1 fully saturated rings. The molecule has 0 radical (unpaired) electrons. The van der Waals surface area contributed by atoms with Crippen molar-refractivity contribution >= 4 is 22.0 Å². The molecule has 0 saturated carbocycles. The van der Waals surface area contributed by atoms with Crippen LogP contribution >= 0.6 is 15.9 Å². The number of alkyl carbamates (subject to hydrolysis) is 1. The number of ether oxygens (including phenoxy) is 1. The summed E-state index contributed by atoms with van der Waals surface area (Å²) in [6, 6.07) is 8.26. The lowest BCUT2D eigenvalue weighted by Crippen LogP contribution is -2.42. The van der Waals surface area contributed by atoms with Gasteiger partial charge in [-0.25, -0.2) is 4.79 Å². The normalized spacial score (nSPS) is 22.6. The van der Waals surface area contributed by atoms with Crippen molar-refractivity contribution in [1.82, 2.24) is 10.6 Å². The summed E-state index contributed by atoms with van der Waals surface area (Å²) in [4.78, 5) is 11.9. The molecule has 1 heterocycles. The highest BCUT2D eigenvalue weighted by atomic mass is 79.9. The van der Waals surface area contributed by atoms with E-state index < -0.39 is 5.60 Å². The number of hydrogen-bond acceptors (Lipinski definition) is 3. The summed E-state index contributed by atoms with van der Waals surface area (Å²) in [5.41, 5.74) is 0.743. The first-order valence-corrected chi connectivity index (χ1v) is 7.60. The average molecular weight is 341 g/mol. The molecule has 0 unspecified atom stereocenters. The second kappa shape index (κ2) is 6.14. The highest BCUT2D eigenvalue weighted by Gasteiger charge is 2.31. The monoisotopic (exact) mass is 340 g/mol. The third kappa shape index (κ3) is 4.21. The standard InChI is InChI=1S/C15H21BrN2O2/c1-15(2,3)20-14(19)18-13-9-17-8-12(13)10-5-4-6-11(16)7-10/h4-7,12-13,17H,8-9H2,1-3H3,(H,18,19)/t12-,13-/m1/s1. The molecule has 1 aliphatic rings. The van der Waals surface area contributed by atoms with Gasteiger partial charge in [0.15, 0.2) is 0 Å². The lowest BCUT2D eigenvalue weighted by molar-refractivity contribution is 0.0504. The molecular formula is C15H21BrN2O2. The zero-order chi connectivity index (χ0) is 14.8. The Hall–Kier alpha value is -1.07. The van der Waals surface area contributed by atoms with E-state index in [0.717, 1.165) is 17.6 Å². The van der Waals surface area contributed by atoms with Crippen molar-refractivity contribution in [2.75, 3.05) is 13.1 Å². The fourth-order valence-corrected chi connectivity index (χ4v) is 2.79. The van der Waals surface area contributed by atoms with Crippen LogP contribution in [0.25, 0.3) is 0 Å². The Morgan fingerprint density at radius 1 is 1.40 bits per heavy atom. The van der Waals surface area contributed by atoms with Crippen molar-refractivity contribution in [2.24, 2.45) is 0 Å². The van der Waals surface area contributed by atoms with E-state index in [1.54, 1.807) is 0 Å². The van der Waals surface area contributed by atoms with Crippen molar-refractivity contribution in [3.8, 4) is 0 Å². The second-order valence-corrected chi connectivity index (χ2v) is 6.99. The Kier molecular flexibility index (Phi) is 4.70. The lowest BCUT2D eigenvalue weighted by Gasteiger charge is -2.24. The van der Waals surface area contributed by atoms with Crippen LogP contribution in [0, 0.1) is 0 Å². The van der Waals surface area contributed by atoms with Crippen molar-refractivity contribution < 1.29 is 9.53 Å². The summed E-state index contributed by atoms with van der Waals surface area (Å²) >= 11 is 3.49. The molecule has 0 aromatic heterocycles. The molecule has 0 aliphatic carbocycles. The minimum atomic E-state index is -0.471. The number of carbonyl (C=O) groups is 1. The van der Waals surface area contributed by atoms with Crippen LogP contribution in [0.4, 0.5) is 4.79 Å². The Bertz CT molecular complexity index is 485. The van der Waals surface area contributed by atoms with Crippen LogP contribution in [-0.4, -0.2) is 30.8 Å². The maximum Gasteiger partial charge on any atom is 0.407 e. The maximum atomic E-state index is 11.9. The van der Waals surface area contributed by atoms with Gasteiger partial charge in [-0.3, -0.25) is 0 Å². The van der Waals surface area contributed by atoms with E-state index in [1.165, 1.54) is 5.56 Å². The SMILES string of the molecule is CC(C)(C)OC(=O)N[C@@H]1CNC[C@@H]1c1cccc(Br)c1. The molecule has 1 aromatic carbocycles. The zero-order valence-corrected chi connectivity index (χ0v) is 13.7. The number of carbonyl (C=O) groups excluding carboxylic acids is 1. The van der Waals surface area contributed by atoms with Crippen LogP contribution in [0.1, 0.15) is 32.3 Å². The van der Waals surface area contributed by atoms with E-state index >= 15 is 0 Å². The van der Waals surface area contributed by atoms with Gasteiger partial charge in [-0.1, -0.05) is 28.1 Å². The van der Waals surface area contributed by atoms with Crippen LogP contribution in [0.5, 0.6) is 0 Å². The smallest absolute Gasteiger partial charge is 0.407 e. The van der Waals surface area contributed by atoms with Crippen molar-refractivity contribution in [1.29, 1.82) is 0 Å². The summed E-state index contributed by atoms with van der Waals surface area (Å²) in [5, 5.41) is 6.29. The molecule has 4 nitrogen and oxygen atoms in total. The van der Waals surface area contributed by atoms with E-state index in [9.17, 15) is 4.79 Å². The van der Waals surface area contributed by atoms with Crippen LogP contribution < -0.4 is 10.6 Å². The molecule has 1 aromatic rings. The molecule has 5 heteroatoms. The lowest BCUT2D eigenvalue weighted by atomic mass is 9.94. The number of amides is 1. The van der Waals surface area contributed by atoms with Gasteiger partial charge in [-0.2, -0.15) is 0 Å². The Balaban J connectivity index is 2.03. The van der Waals surface area contributed by atoms with Crippen molar-refractivity contribution in [3.63, 3.8) is 0 Å². The first-order valence-electron chi connectivity index (χ1n) is 6.81. The van der Waals surface area contributed by atoms with Gasteiger partial charge in [0.1, 0.15) is 5.60 Å². The van der Waals surface area contributed by atoms with Gasteiger partial charge in [0.25, 0.3) is 0 Å². The third-order valence-electron chi connectivity index (χ3n) is 3.19. The van der Waals surface area contributed by atoms with Crippen molar-refractivity contribution in [2.45, 2.75) is 38.3 Å². The van der Waals surface area contributed by atoms with Gasteiger partial charge < -0.3 is 15.4 Å². The Morgan fingerprint density at radius 2 is 2.15 bits per heavy atom. The van der Waals surface area contributed by atoms with E-state index in [2.05, 4.69) is 38.7 Å². The summed E-state index contributed by atoms with van der Waals surface area (Å²) in [6.45, 7) is 7.22. The molecular weight excluding hydrogens is 320 g/mol. The summed E-state index contributed by atoms with van der Waals surface area (Å²) < 4.78 is 6.37. The van der Waals surface area contributed by atoms with Gasteiger partial charge in [0, 0.05) is 23.5 Å². The van der Waals surface area contributed by atoms with Gasteiger partial charge in [-0.15, -0.1) is 0 Å². The van der Waals surface area contributed by atoms with Crippen LogP contribution in [0.3, 0.4) is 0 Å². The highest BCUT2D eigenvalue weighted by Crippen LogP contribution is 2.25. The fourth-order valence-electron chi connectivity index (χ4n) is 2.38. The second-order valence-electron chi connectivity index (χ2n) is 6.07. The quantitative estimate of drug-likeness (QED) is 0.869. The van der Waals surface area contributed by atoms with E-state index in [0.29, 0.717) is 0 Å².